The Hall–Kier alpha value is -0.790. The summed E-state index contributed by atoms with van der Waals surface area (Å²) in [6.07, 6.45) is 3.04. The third-order valence-corrected chi connectivity index (χ3v) is 2.78. The van der Waals surface area contributed by atoms with Crippen LogP contribution in [0.1, 0.15) is 40.0 Å². The van der Waals surface area contributed by atoms with Crippen LogP contribution in [0.25, 0.3) is 0 Å². The first-order valence-electron chi connectivity index (χ1n) is 4.73. The predicted octanol–water partition coefficient (Wildman–Crippen LogP) is 2.69. The van der Waals surface area contributed by atoms with E-state index in [0.29, 0.717) is 0 Å². The van der Waals surface area contributed by atoms with Gasteiger partial charge in [0.15, 0.2) is 0 Å². The fraction of sp³-hybridized carbons (Fsp3) is 0.727. The number of rotatable bonds is 1. The van der Waals surface area contributed by atoms with Crippen molar-refractivity contribution in [3.8, 4) is 0 Å². The van der Waals surface area contributed by atoms with Crippen molar-refractivity contribution in [2.24, 2.45) is 5.41 Å². The lowest BCUT2D eigenvalue weighted by Crippen LogP contribution is -2.22. The predicted molar refractivity (Wildman–Crippen MR) is 52.3 cm³/mol. The van der Waals surface area contributed by atoms with Crippen LogP contribution in [0.3, 0.4) is 0 Å². The SMILES string of the molecule is COC(=O)C1=C(C)CCC(C)(C)C1. The minimum absolute atomic E-state index is 0.148. The molecule has 0 atom stereocenters. The molecule has 0 radical (unpaired) electrons. The van der Waals surface area contributed by atoms with E-state index >= 15 is 0 Å². The van der Waals surface area contributed by atoms with E-state index in [1.165, 1.54) is 19.1 Å². The summed E-state index contributed by atoms with van der Waals surface area (Å²) >= 11 is 0. The number of esters is 1. The molecule has 0 saturated heterocycles. The highest BCUT2D eigenvalue weighted by Gasteiger charge is 2.29. The molecule has 1 aliphatic rings. The summed E-state index contributed by atoms with van der Waals surface area (Å²) in [6, 6.07) is 0. The van der Waals surface area contributed by atoms with E-state index in [4.69, 9.17) is 4.74 Å². The molecule has 0 spiro atoms. The van der Waals surface area contributed by atoms with Crippen LogP contribution in [0.15, 0.2) is 11.1 Å². The largest absolute Gasteiger partial charge is 0.466 e. The Labute approximate surface area is 80.0 Å². The molecule has 0 aromatic rings. The number of allylic oxidation sites excluding steroid dienone is 1. The standard InChI is InChI=1S/C11H18O2/c1-8-5-6-11(2,3)7-9(8)10(12)13-4/h5-7H2,1-4H3. The van der Waals surface area contributed by atoms with Gasteiger partial charge in [0.2, 0.25) is 0 Å². The van der Waals surface area contributed by atoms with Gasteiger partial charge < -0.3 is 4.74 Å². The Morgan fingerprint density at radius 3 is 2.62 bits per heavy atom. The van der Waals surface area contributed by atoms with Gasteiger partial charge in [-0.15, -0.1) is 0 Å². The molecular weight excluding hydrogens is 164 g/mol. The summed E-state index contributed by atoms with van der Waals surface area (Å²) in [5, 5.41) is 0. The lowest BCUT2D eigenvalue weighted by Gasteiger charge is -2.31. The molecule has 0 aromatic carbocycles. The maximum absolute atomic E-state index is 11.4. The number of carbonyl (C=O) groups is 1. The van der Waals surface area contributed by atoms with Crippen molar-refractivity contribution in [2.45, 2.75) is 40.0 Å². The van der Waals surface area contributed by atoms with Gasteiger partial charge in [-0.2, -0.15) is 0 Å². The topological polar surface area (TPSA) is 26.3 Å². The summed E-state index contributed by atoms with van der Waals surface area (Å²) in [5.41, 5.74) is 2.34. The normalized spacial score (nSPS) is 21.5. The lowest BCUT2D eigenvalue weighted by atomic mass is 9.74. The van der Waals surface area contributed by atoms with E-state index in [1.54, 1.807) is 0 Å². The zero-order chi connectivity index (χ0) is 10.1. The molecule has 0 bridgehead atoms. The van der Waals surface area contributed by atoms with Gasteiger partial charge in [-0.05, 0) is 31.6 Å². The Morgan fingerprint density at radius 2 is 2.08 bits per heavy atom. The summed E-state index contributed by atoms with van der Waals surface area (Å²) in [7, 11) is 1.45. The van der Waals surface area contributed by atoms with Gasteiger partial charge in [0.05, 0.1) is 7.11 Å². The second-order valence-electron chi connectivity index (χ2n) is 4.59. The van der Waals surface area contributed by atoms with E-state index in [0.717, 1.165) is 18.4 Å². The highest BCUT2D eigenvalue weighted by molar-refractivity contribution is 5.89. The fourth-order valence-electron chi connectivity index (χ4n) is 1.76. The van der Waals surface area contributed by atoms with Gasteiger partial charge in [0.1, 0.15) is 0 Å². The average Bonchev–Trinajstić information content (AvgIpc) is 2.08. The quantitative estimate of drug-likeness (QED) is 0.583. The van der Waals surface area contributed by atoms with E-state index < -0.39 is 0 Å². The molecule has 0 aromatic heterocycles. The molecule has 0 unspecified atom stereocenters. The van der Waals surface area contributed by atoms with Crippen molar-refractivity contribution in [3.05, 3.63) is 11.1 Å². The molecule has 0 fully saturated rings. The minimum atomic E-state index is -0.148. The molecule has 13 heavy (non-hydrogen) atoms. The first kappa shape index (κ1) is 10.3. The van der Waals surface area contributed by atoms with E-state index in [2.05, 4.69) is 13.8 Å². The lowest BCUT2D eigenvalue weighted by molar-refractivity contribution is -0.136. The monoisotopic (exact) mass is 182 g/mol. The number of hydrogen-bond donors (Lipinski definition) is 0. The molecule has 2 nitrogen and oxygen atoms in total. The molecule has 0 aliphatic heterocycles. The Bertz CT molecular complexity index is 249. The molecule has 0 amide bonds. The maximum Gasteiger partial charge on any atom is 0.333 e. The van der Waals surface area contributed by atoms with Crippen LogP contribution in [-0.2, 0) is 9.53 Å². The van der Waals surface area contributed by atoms with Crippen LogP contribution in [-0.4, -0.2) is 13.1 Å². The van der Waals surface area contributed by atoms with Crippen molar-refractivity contribution in [2.75, 3.05) is 7.11 Å². The number of methoxy groups -OCH3 is 1. The first-order chi connectivity index (χ1) is 5.96. The summed E-state index contributed by atoms with van der Waals surface area (Å²) < 4.78 is 4.76. The number of hydrogen-bond acceptors (Lipinski definition) is 2. The second-order valence-corrected chi connectivity index (χ2v) is 4.59. The van der Waals surface area contributed by atoms with Crippen LogP contribution in [0.5, 0.6) is 0 Å². The van der Waals surface area contributed by atoms with Gasteiger partial charge >= 0.3 is 5.97 Å². The van der Waals surface area contributed by atoms with Gasteiger partial charge in [-0.3, -0.25) is 0 Å². The highest BCUT2D eigenvalue weighted by atomic mass is 16.5. The van der Waals surface area contributed by atoms with Gasteiger partial charge in [-0.1, -0.05) is 19.4 Å². The minimum Gasteiger partial charge on any atom is -0.466 e. The molecule has 74 valence electrons. The van der Waals surface area contributed by atoms with E-state index in [9.17, 15) is 4.79 Å². The van der Waals surface area contributed by atoms with Crippen molar-refractivity contribution >= 4 is 5.97 Å². The number of ether oxygens (including phenoxy) is 1. The van der Waals surface area contributed by atoms with Crippen molar-refractivity contribution in [1.82, 2.24) is 0 Å². The van der Waals surface area contributed by atoms with Crippen molar-refractivity contribution in [3.63, 3.8) is 0 Å². The third-order valence-electron chi connectivity index (χ3n) is 2.78. The molecule has 1 aliphatic carbocycles. The summed E-state index contributed by atoms with van der Waals surface area (Å²) in [5.74, 6) is -0.148. The number of carbonyl (C=O) groups excluding carboxylic acids is 1. The zero-order valence-corrected chi connectivity index (χ0v) is 8.94. The molecule has 0 N–H and O–H groups in total. The van der Waals surface area contributed by atoms with Crippen molar-refractivity contribution in [1.29, 1.82) is 0 Å². The average molecular weight is 182 g/mol. The van der Waals surface area contributed by atoms with Crippen LogP contribution in [0.2, 0.25) is 0 Å². The molecule has 2 heteroatoms. The summed E-state index contributed by atoms with van der Waals surface area (Å²) in [4.78, 5) is 11.4. The highest BCUT2D eigenvalue weighted by Crippen LogP contribution is 2.38. The summed E-state index contributed by atoms with van der Waals surface area (Å²) in [6.45, 7) is 6.42. The van der Waals surface area contributed by atoms with Crippen LogP contribution in [0.4, 0.5) is 0 Å². The van der Waals surface area contributed by atoms with Crippen LogP contribution in [0, 0.1) is 5.41 Å². The van der Waals surface area contributed by atoms with Gasteiger partial charge in [0.25, 0.3) is 0 Å². The smallest absolute Gasteiger partial charge is 0.333 e. The zero-order valence-electron chi connectivity index (χ0n) is 8.94. The Balaban J connectivity index is 2.86. The molecule has 0 saturated carbocycles. The van der Waals surface area contributed by atoms with Crippen LogP contribution < -0.4 is 0 Å². The van der Waals surface area contributed by atoms with Gasteiger partial charge in [0, 0.05) is 5.57 Å². The fourth-order valence-corrected chi connectivity index (χ4v) is 1.76. The third kappa shape index (κ3) is 2.33. The molecular formula is C11H18O2. The second kappa shape index (κ2) is 3.52. The van der Waals surface area contributed by atoms with Crippen LogP contribution >= 0.6 is 0 Å². The van der Waals surface area contributed by atoms with Gasteiger partial charge in [-0.25, -0.2) is 4.79 Å². The van der Waals surface area contributed by atoms with E-state index in [-0.39, 0.29) is 11.4 Å². The van der Waals surface area contributed by atoms with E-state index in [1.807, 2.05) is 6.92 Å². The molecule has 1 rings (SSSR count). The van der Waals surface area contributed by atoms with Crippen molar-refractivity contribution < 1.29 is 9.53 Å². The first-order valence-corrected chi connectivity index (χ1v) is 4.73. The Kier molecular flexibility index (Phi) is 2.79. The Morgan fingerprint density at radius 1 is 1.46 bits per heavy atom. The molecule has 0 heterocycles. The maximum atomic E-state index is 11.4.